The highest BCUT2D eigenvalue weighted by Crippen LogP contribution is 2.30. The molecule has 3 rings (SSSR count). The second-order valence-corrected chi connectivity index (χ2v) is 3.56. The van der Waals surface area contributed by atoms with Gasteiger partial charge in [-0.15, -0.1) is 0 Å². The molecule has 0 radical (unpaired) electrons. The smallest absolute Gasteiger partial charge is 0.140 e. The molecule has 4 N–H and O–H groups in total. The van der Waals surface area contributed by atoms with Gasteiger partial charge in [-0.25, -0.2) is 4.39 Å². The molecule has 1 aromatic carbocycles. The molecule has 3 aromatic rings. The molecule has 2 heterocycles. The second-order valence-electron chi connectivity index (χ2n) is 3.56. The lowest BCUT2D eigenvalue weighted by atomic mass is 10.1. The SMILES string of the molecule is Nc1[nH]ncc1-c1ccc2[nH]ccc2c1F. The molecule has 0 fully saturated rings. The highest BCUT2D eigenvalue weighted by Gasteiger charge is 2.13. The van der Waals surface area contributed by atoms with Gasteiger partial charge >= 0.3 is 0 Å². The summed E-state index contributed by atoms with van der Waals surface area (Å²) in [4.78, 5) is 2.95. The molecule has 0 amide bonds. The first-order chi connectivity index (χ1) is 7.77. The molecule has 0 aliphatic carbocycles. The molecule has 5 heteroatoms. The van der Waals surface area contributed by atoms with Crippen LogP contribution in [-0.4, -0.2) is 15.2 Å². The van der Waals surface area contributed by atoms with Crippen LogP contribution in [0.15, 0.2) is 30.6 Å². The first-order valence-electron chi connectivity index (χ1n) is 4.82. The largest absolute Gasteiger partial charge is 0.384 e. The Labute approximate surface area is 90.3 Å². The quantitative estimate of drug-likeness (QED) is 0.584. The van der Waals surface area contributed by atoms with Crippen LogP contribution in [0.4, 0.5) is 10.2 Å². The number of nitrogens with two attached hydrogens (primary N) is 1. The van der Waals surface area contributed by atoms with Crippen LogP contribution in [-0.2, 0) is 0 Å². The molecule has 0 bridgehead atoms. The molecule has 2 aromatic heterocycles. The standard InChI is InChI=1S/C11H9FN4/c12-10-6(8-5-15-16-11(8)13)1-2-9-7(10)3-4-14-9/h1-5,14H,(H3,13,15,16). The van der Waals surface area contributed by atoms with E-state index in [9.17, 15) is 4.39 Å². The Balaban J connectivity index is 2.32. The third-order valence-corrected chi connectivity index (χ3v) is 2.63. The molecule has 0 aliphatic heterocycles. The van der Waals surface area contributed by atoms with E-state index in [1.54, 1.807) is 18.3 Å². The zero-order chi connectivity index (χ0) is 11.1. The molecular formula is C11H9FN4. The number of rotatable bonds is 1. The van der Waals surface area contributed by atoms with Gasteiger partial charge in [0.25, 0.3) is 0 Å². The molecule has 80 valence electrons. The van der Waals surface area contributed by atoms with Crippen LogP contribution < -0.4 is 5.73 Å². The van der Waals surface area contributed by atoms with Crippen molar-refractivity contribution in [1.82, 2.24) is 15.2 Å². The lowest BCUT2D eigenvalue weighted by molar-refractivity contribution is 0.643. The van der Waals surface area contributed by atoms with Crippen molar-refractivity contribution in [2.45, 2.75) is 0 Å². The van der Waals surface area contributed by atoms with Crippen LogP contribution >= 0.6 is 0 Å². The summed E-state index contributed by atoms with van der Waals surface area (Å²) in [6, 6.07) is 5.21. The second kappa shape index (κ2) is 3.10. The monoisotopic (exact) mass is 216 g/mol. The average Bonchev–Trinajstić information content (AvgIpc) is 2.88. The first kappa shape index (κ1) is 8.96. The number of hydrogen-bond acceptors (Lipinski definition) is 2. The maximum atomic E-state index is 14.1. The Hall–Kier alpha value is -2.30. The van der Waals surface area contributed by atoms with Gasteiger partial charge in [0, 0.05) is 28.2 Å². The normalized spacial score (nSPS) is 11.1. The maximum Gasteiger partial charge on any atom is 0.140 e. The number of hydrogen-bond donors (Lipinski definition) is 3. The summed E-state index contributed by atoms with van der Waals surface area (Å²) in [6.07, 6.45) is 3.22. The van der Waals surface area contributed by atoms with Gasteiger partial charge in [0.1, 0.15) is 11.6 Å². The minimum atomic E-state index is -0.285. The summed E-state index contributed by atoms with van der Waals surface area (Å²) in [5, 5.41) is 6.93. The summed E-state index contributed by atoms with van der Waals surface area (Å²) in [7, 11) is 0. The molecule has 0 unspecified atom stereocenters. The number of halogens is 1. The van der Waals surface area contributed by atoms with Crippen molar-refractivity contribution in [3.63, 3.8) is 0 Å². The van der Waals surface area contributed by atoms with Crippen LogP contribution in [0.5, 0.6) is 0 Å². The van der Waals surface area contributed by atoms with Crippen molar-refractivity contribution in [2.24, 2.45) is 0 Å². The van der Waals surface area contributed by atoms with Gasteiger partial charge in [-0.05, 0) is 18.2 Å². The van der Waals surface area contributed by atoms with E-state index in [-0.39, 0.29) is 5.82 Å². The Morgan fingerprint density at radius 2 is 2.06 bits per heavy atom. The van der Waals surface area contributed by atoms with Crippen LogP contribution in [0.3, 0.4) is 0 Å². The number of aromatic amines is 2. The van der Waals surface area contributed by atoms with Crippen molar-refractivity contribution in [2.75, 3.05) is 5.73 Å². The van der Waals surface area contributed by atoms with E-state index in [1.165, 1.54) is 6.20 Å². The van der Waals surface area contributed by atoms with Crippen LogP contribution in [0.1, 0.15) is 0 Å². The fourth-order valence-electron chi connectivity index (χ4n) is 1.82. The number of fused-ring (bicyclic) bond motifs is 1. The van der Waals surface area contributed by atoms with Crippen LogP contribution in [0, 0.1) is 5.82 Å². The van der Waals surface area contributed by atoms with Crippen molar-refractivity contribution in [3.8, 4) is 11.1 Å². The third-order valence-electron chi connectivity index (χ3n) is 2.63. The summed E-state index contributed by atoms with van der Waals surface area (Å²) in [6.45, 7) is 0. The number of nitrogens with zero attached hydrogens (tertiary/aromatic N) is 1. The fraction of sp³-hybridized carbons (Fsp3) is 0. The van der Waals surface area contributed by atoms with Crippen molar-refractivity contribution < 1.29 is 4.39 Å². The average molecular weight is 216 g/mol. The molecule has 0 saturated heterocycles. The van der Waals surface area contributed by atoms with E-state index in [2.05, 4.69) is 15.2 Å². The third kappa shape index (κ3) is 1.11. The minimum absolute atomic E-state index is 0.285. The number of benzene rings is 1. The number of aromatic nitrogens is 3. The molecule has 0 spiro atoms. The molecule has 16 heavy (non-hydrogen) atoms. The van der Waals surface area contributed by atoms with E-state index >= 15 is 0 Å². The highest BCUT2D eigenvalue weighted by atomic mass is 19.1. The molecule has 4 nitrogen and oxygen atoms in total. The Morgan fingerprint density at radius 1 is 1.19 bits per heavy atom. The van der Waals surface area contributed by atoms with Gasteiger partial charge in [-0.2, -0.15) is 5.10 Å². The molecular weight excluding hydrogens is 207 g/mol. The first-order valence-corrected chi connectivity index (χ1v) is 4.82. The summed E-state index contributed by atoms with van der Waals surface area (Å²) < 4.78 is 14.1. The van der Waals surface area contributed by atoms with E-state index in [0.717, 1.165) is 5.52 Å². The van der Waals surface area contributed by atoms with Crippen molar-refractivity contribution >= 4 is 16.7 Å². The number of H-pyrrole nitrogens is 2. The molecule has 0 saturated carbocycles. The van der Waals surface area contributed by atoms with Gasteiger partial charge in [0.15, 0.2) is 0 Å². The zero-order valence-corrected chi connectivity index (χ0v) is 8.29. The van der Waals surface area contributed by atoms with E-state index in [0.29, 0.717) is 22.3 Å². The maximum absolute atomic E-state index is 14.1. The van der Waals surface area contributed by atoms with Gasteiger partial charge in [0.2, 0.25) is 0 Å². The highest BCUT2D eigenvalue weighted by molar-refractivity contribution is 5.87. The summed E-state index contributed by atoms with van der Waals surface area (Å²) in [5.41, 5.74) is 7.48. The van der Waals surface area contributed by atoms with E-state index in [1.807, 2.05) is 6.07 Å². The fourth-order valence-corrected chi connectivity index (χ4v) is 1.82. The Kier molecular flexibility index (Phi) is 1.73. The number of nitrogen functional groups attached to an aromatic ring is 1. The van der Waals surface area contributed by atoms with Gasteiger partial charge in [0.05, 0.1) is 6.20 Å². The van der Waals surface area contributed by atoms with Gasteiger partial charge in [-0.3, -0.25) is 5.10 Å². The van der Waals surface area contributed by atoms with Crippen LogP contribution in [0.2, 0.25) is 0 Å². The van der Waals surface area contributed by atoms with Crippen LogP contribution in [0.25, 0.3) is 22.0 Å². The lowest BCUT2D eigenvalue weighted by Crippen LogP contribution is -1.90. The Morgan fingerprint density at radius 3 is 2.81 bits per heavy atom. The Bertz CT molecular complexity index is 653. The van der Waals surface area contributed by atoms with Crippen molar-refractivity contribution in [3.05, 3.63) is 36.4 Å². The lowest BCUT2D eigenvalue weighted by Gasteiger charge is -2.02. The number of nitrogens with one attached hydrogen (secondary N) is 2. The summed E-state index contributed by atoms with van der Waals surface area (Å²) in [5.74, 6) is 0.0839. The zero-order valence-electron chi connectivity index (χ0n) is 8.29. The predicted octanol–water partition coefficient (Wildman–Crippen LogP) is 2.28. The minimum Gasteiger partial charge on any atom is -0.384 e. The summed E-state index contributed by atoms with van der Waals surface area (Å²) >= 11 is 0. The molecule has 0 aliphatic rings. The van der Waals surface area contributed by atoms with E-state index in [4.69, 9.17) is 5.73 Å². The van der Waals surface area contributed by atoms with E-state index < -0.39 is 0 Å². The predicted molar refractivity (Wildman–Crippen MR) is 60.3 cm³/mol. The van der Waals surface area contributed by atoms with Gasteiger partial charge in [-0.1, -0.05) is 0 Å². The van der Waals surface area contributed by atoms with Crippen molar-refractivity contribution in [1.29, 1.82) is 0 Å². The molecule has 0 atom stereocenters. The van der Waals surface area contributed by atoms with Gasteiger partial charge < -0.3 is 10.7 Å². The topological polar surface area (TPSA) is 70.5 Å². The number of anilines is 1.